The molecule has 140 valence electrons. The van der Waals surface area contributed by atoms with Crippen LogP contribution in [0.5, 0.6) is 11.8 Å². The minimum atomic E-state index is -0.577. The summed E-state index contributed by atoms with van der Waals surface area (Å²) in [6.45, 7) is 11.3. The fraction of sp³-hybridized carbons (Fsp3) is 0.450. The van der Waals surface area contributed by atoms with Crippen molar-refractivity contribution in [3.05, 3.63) is 47.9 Å². The molecule has 2 aromatic rings. The number of carbonyl (C=O) groups excluding carboxylic acids is 1. The lowest BCUT2D eigenvalue weighted by Gasteiger charge is -2.19. The summed E-state index contributed by atoms with van der Waals surface area (Å²) < 4.78 is 15.9. The Morgan fingerprint density at radius 3 is 2.54 bits per heavy atom. The van der Waals surface area contributed by atoms with Gasteiger partial charge in [0.15, 0.2) is 0 Å². The van der Waals surface area contributed by atoms with Crippen molar-refractivity contribution in [3.63, 3.8) is 0 Å². The first-order chi connectivity index (χ1) is 12.3. The van der Waals surface area contributed by atoms with E-state index in [-0.39, 0.29) is 23.9 Å². The van der Waals surface area contributed by atoms with E-state index in [0.717, 1.165) is 12.8 Å². The zero-order chi connectivity index (χ0) is 19.2. The maximum atomic E-state index is 11.9. The fourth-order valence-electron chi connectivity index (χ4n) is 2.17. The van der Waals surface area contributed by atoms with Gasteiger partial charge in [0.05, 0.1) is 6.42 Å². The van der Waals surface area contributed by atoms with Crippen molar-refractivity contribution in [2.24, 2.45) is 0 Å². The SMILES string of the molecule is C=C(Cc1nc(Oc2ccc(CCCC)cc2)no1)C(=O)OC(C)(C)C. The van der Waals surface area contributed by atoms with Crippen molar-refractivity contribution < 1.29 is 18.8 Å². The predicted octanol–water partition coefficient (Wildman–Crippen LogP) is 4.64. The van der Waals surface area contributed by atoms with Gasteiger partial charge in [0, 0.05) is 5.57 Å². The number of esters is 1. The normalized spacial score (nSPS) is 11.2. The lowest BCUT2D eigenvalue weighted by Crippen LogP contribution is -2.25. The largest absolute Gasteiger partial charge is 0.457 e. The van der Waals surface area contributed by atoms with E-state index >= 15 is 0 Å². The van der Waals surface area contributed by atoms with Crippen LogP contribution in [0, 0.1) is 0 Å². The van der Waals surface area contributed by atoms with Gasteiger partial charge in [-0.1, -0.05) is 32.1 Å². The molecule has 0 saturated carbocycles. The third-order valence-electron chi connectivity index (χ3n) is 3.45. The van der Waals surface area contributed by atoms with Gasteiger partial charge in [0.25, 0.3) is 0 Å². The van der Waals surface area contributed by atoms with Crippen molar-refractivity contribution in [2.45, 2.75) is 59.0 Å². The highest BCUT2D eigenvalue weighted by molar-refractivity contribution is 5.88. The van der Waals surface area contributed by atoms with E-state index in [4.69, 9.17) is 14.0 Å². The van der Waals surface area contributed by atoms with Gasteiger partial charge in [0.2, 0.25) is 5.89 Å². The number of hydrogen-bond acceptors (Lipinski definition) is 6. The summed E-state index contributed by atoms with van der Waals surface area (Å²) >= 11 is 0. The lowest BCUT2D eigenvalue weighted by atomic mass is 10.1. The number of rotatable bonds is 8. The van der Waals surface area contributed by atoms with Crippen molar-refractivity contribution in [1.82, 2.24) is 10.1 Å². The van der Waals surface area contributed by atoms with Crippen molar-refractivity contribution >= 4 is 5.97 Å². The van der Waals surface area contributed by atoms with Gasteiger partial charge in [-0.2, -0.15) is 4.98 Å². The molecule has 0 unspecified atom stereocenters. The molecular weight excluding hydrogens is 332 g/mol. The minimum absolute atomic E-state index is 0.0956. The highest BCUT2D eigenvalue weighted by Gasteiger charge is 2.20. The van der Waals surface area contributed by atoms with Crippen LogP contribution in [0.25, 0.3) is 0 Å². The maximum Gasteiger partial charge on any atom is 0.359 e. The van der Waals surface area contributed by atoms with E-state index in [9.17, 15) is 4.79 Å². The molecule has 0 radical (unpaired) electrons. The standard InChI is InChI=1S/C20H26N2O4/c1-6-7-8-15-9-11-16(12-10-15)24-19-21-17(26-22-19)13-14(2)18(23)25-20(3,4)5/h9-12H,2,6-8,13H2,1,3-5H3. The summed E-state index contributed by atoms with van der Waals surface area (Å²) in [5.41, 5.74) is 0.934. The molecule has 1 heterocycles. The van der Waals surface area contributed by atoms with Gasteiger partial charge >= 0.3 is 12.0 Å². The number of benzene rings is 1. The van der Waals surface area contributed by atoms with Crippen LogP contribution in [-0.4, -0.2) is 21.7 Å². The van der Waals surface area contributed by atoms with Crippen LogP contribution in [0.2, 0.25) is 0 Å². The third kappa shape index (κ3) is 6.35. The molecule has 6 heteroatoms. The molecule has 2 rings (SSSR count). The molecule has 1 aromatic carbocycles. The summed E-state index contributed by atoms with van der Waals surface area (Å²) in [4.78, 5) is 16.1. The zero-order valence-electron chi connectivity index (χ0n) is 15.9. The Morgan fingerprint density at radius 1 is 1.23 bits per heavy atom. The number of aryl methyl sites for hydroxylation is 1. The van der Waals surface area contributed by atoms with Crippen molar-refractivity contribution in [3.8, 4) is 11.8 Å². The van der Waals surface area contributed by atoms with Gasteiger partial charge in [0.1, 0.15) is 11.4 Å². The Bertz CT molecular complexity index is 742. The Hall–Kier alpha value is -2.63. The third-order valence-corrected chi connectivity index (χ3v) is 3.45. The number of carbonyl (C=O) groups is 1. The van der Waals surface area contributed by atoms with Gasteiger partial charge in [-0.3, -0.25) is 0 Å². The van der Waals surface area contributed by atoms with E-state index < -0.39 is 11.6 Å². The van der Waals surface area contributed by atoms with Crippen LogP contribution in [0.4, 0.5) is 0 Å². The Kier molecular flexibility index (Phi) is 6.55. The number of unbranched alkanes of at least 4 members (excludes halogenated alkanes) is 1. The molecular formula is C20H26N2O4. The first kappa shape index (κ1) is 19.7. The van der Waals surface area contributed by atoms with Crippen LogP contribution < -0.4 is 4.74 Å². The number of ether oxygens (including phenoxy) is 2. The molecule has 26 heavy (non-hydrogen) atoms. The number of aromatic nitrogens is 2. The van der Waals surface area contributed by atoms with Crippen LogP contribution in [-0.2, 0) is 22.4 Å². The molecule has 0 aliphatic rings. The predicted molar refractivity (Wildman–Crippen MR) is 98.1 cm³/mol. The highest BCUT2D eigenvalue weighted by Crippen LogP contribution is 2.21. The van der Waals surface area contributed by atoms with Crippen LogP contribution in [0.15, 0.2) is 40.9 Å². The molecule has 0 aliphatic heterocycles. The Balaban J connectivity index is 1.91. The van der Waals surface area contributed by atoms with E-state index in [0.29, 0.717) is 5.75 Å². The van der Waals surface area contributed by atoms with Crippen molar-refractivity contribution in [1.29, 1.82) is 0 Å². The summed E-state index contributed by atoms with van der Waals surface area (Å²) in [7, 11) is 0. The first-order valence-electron chi connectivity index (χ1n) is 8.77. The van der Waals surface area contributed by atoms with E-state index in [1.165, 1.54) is 12.0 Å². The van der Waals surface area contributed by atoms with Gasteiger partial charge in [-0.05, 0) is 56.5 Å². The van der Waals surface area contributed by atoms with Gasteiger partial charge in [-0.25, -0.2) is 4.79 Å². The molecule has 0 bridgehead atoms. The summed E-state index contributed by atoms with van der Waals surface area (Å²) in [5, 5.41) is 3.77. The average molecular weight is 358 g/mol. The monoisotopic (exact) mass is 358 g/mol. The molecule has 0 aliphatic carbocycles. The second kappa shape index (κ2) is 8.65. The van der Waals surface area contributed by atoms with Crippen LogP contribution in [0.3, 0.4) is 0 Å². The van der Waals surface area contributed by atoms with Gasteiger partial charge < -0.3 is 14.0 Å². The average Bonchev–Trinajstić information content (AvgIpc) is 2.99. The van der Waals surface area contributed by atoms with E-state index in [1.807, 2.05) is 24.3 Å². The topological polar surface area (TPSA) is 74.5 Å². The summed E-state index contributed by atoms with van der Waals surface area (Å²) in [6, 6.07) is 7.90. The second-order valence-electron chi connectivity index (χ2n) is 7.10. The highest BCUT2D eigenvalue weighted by atomic mass is 16.6. The fourth-order valence-corrected chi connectivity index (χ4v) is 2.17. The van der Waals surface area contributed by atoms with Gasteiger partial charge in [-0.15, -0.1) is 0 Å². The number of hydrogen-bond donors (Lipinski definition) is 0. The Morgan fingerprint density at radius 2 is 1.92 bits per heavy atom. The second-order valence-corrected chi connectivity index (χ2v) is 7.10. The first-order valence-corrected chi connectivity index (χ1v) is 8.77. The molecule has 0 fully saturated rings. The lowest BCUT2D eigenvalue weighted by molar-refractivity contribution is -0.150. The smallest absolute Gasteiger partial charge is 0.359 e. The molecule has 0 saturated heterocycles. The number of nitrogens with zero attached hydrogens (tertiary/aromatic N) is 2. The quantitative estimate of drug-likeness (QED) is 0.505. The molecule has 0 atom stereocenters. The molecule has 0 spiro atoms. The van der Waals surface area contributed by atoms with Crippen LogP contribution >= 0.6 is 0 Å². The summed E-state index contributed by atoms with van der Waals surface area (Å²) in [5.74, 6) is 0.389. The molecule has 1 aromatic heterocycles. The van der Waals surface area contributed by atoms with E-state index in [2.05, 4.69) is 23.6 Å². The molecule has 6 nitrogen and oxygen atoms in total. The Labute approximate surface area is 154 Å². The summed E-state index contributed by atoms with van der Waals surface area (Å²) in [6.07, 6.45) is 3.49. The maximum absolute atomic E-state index is 11.9. The molecule has 0 N–H and O–H groups in total. The van der Waals surface area contributed by atoms with Crippen molar-refractivity contribution in [2.75, 3.05) is 0 Å². The van der Waals surface area contributed by atoms with E-state index in [1.54, 1.807) is 20.8 Å². The molecule has 0 amide bonds. The van der Waals surface area contributed by atoms with Crippen LogP contribution in [0.1, 0.15) is 52.0 Å². The minimum Gasteiger partial charge on any atom is -0.457 e. The zero-order valence-corrected chi connectivity index (χ0v) is 15.9.